The summed E-state index contributed by atoms with van der Waals surface area (Å²) in [5, 5.41) is 3.07. The lowest BCUT2D eigenvalue weighted by Crippen LogP contribution is -2.12. The lowest BCUT2D eigenvalue weighted by Gasteiger charge is -2.10. The van der Waals surface area contributed by atoms with Gasteiger partial charge in [-0.1, -0.05) is 24.3 Å². The maximum Gasteiger partial charge on any atom is 0.389 e. The van der Waals surface area contributed by atoms with Gasteiger partial charge in [0.1, 0.15) is 0 Å². The summed E-state index contributed by atoms with van der Waals surface area (Å²) in [5.41, 5.74) is 2.22. The maximum atomic E-state index is 11.9. The highest BCUT2D eigenvalue weighted by Gasteiger charge is 2.25. The highest BCUT2D eigenvalue weighted by Crippen LogP contribution is 2.21. The molecule has 0 atom stereocenters. The largest absolute Gasteiger partial charge is 0.389 e. The van der Waals surface area contributed by atoms with Crippen LogP contribution < -0.4 is 5.32 Å². The van der Waals surface area contributed by atoms with Crippen molar-refractivity contribution in [3.8, 4) is 0 Å². The van der Waals surface area contributed by atoms with Crippen LogP contribution in [0.5, 0.6) is 0 Å². The summed E-state index contributed by atoms with van der Waals surface area (Å²) in [5.74, 6) is 0. The molecule has 0 bridgehead atoms. The van der Waals surface area contributed by atoms with Crippen LogP contribution in [0.2, 0.25) is 0 Å². The molecule has 108 valence electrons. The number of rotatable bonds is 8. The average molecular weight is 275 g/mol. The number of ether oxygens (including phenoxy) is 1. The van der Waals surface area contributed by atoms with E-state index in [1.54, 1.807) is 0 Å². The Balaban J connectivity index is 2.32. The van der Waals surface area contributed by atoms with E-state index in [4.69, 9.17) is 4.74 Å². The van der Waals surface area contributed by atoms with Crippen LogP contribution in [0.15, 0.2) is 24.3 Å². The molecule has 19 heavy (non-hydrogen) atoms. The summed E-state index contributed by atoms with van der Waals surface area (Å²) >= 11 is 0. The van der Waals surface area contributed by atoms with Gasteiger partial charge in [0.25, 0.3) is 0 Å². The summed E-state index contributed by atoms with van der Waals surface area (Å²) in [6.45, 7) is 1.38. The molecule has 0 saturated heterocycles. The molecule has 0 aliphatic rings. The van der Waals surface area contributed by atoms with Gasteiger partial charge in [0, 0.05) is 13.0 Å². The lowest BCUT2D eigenvalue weighted by atomic mass is 10.1. The second kappa shape index (κ2) is 8.17. The van der Waals surface area contributed by atoms with Crippen molar-refractivity contribution in [2.24, 2.45) is 0 Å². The van der Waals surface area contributed by atoms with E-state index in [1.807, 2.05) is 31.3 Å². The van der Waals surface area contributed by atoms with Gasteiger partial charge in [-0.2, -0.15) is 13.2 Å². The molecule has 2 nitrogen and oxygen atoms in total. The third-order valence-electron chi connectivity index (χ3n) is 2.77. The molecule has 0 radical (unpaired) electrons. The van der Waals surface area contributed by atoms with Crippen molar-refractivity contribution in [3.63, 3.8) is 0 Å². The number of hydrogen-bond acceptors (Lipinski definition) is 2. The number of nitrogens with one attached hydrogen (secondary N) is 1. The van der Waals surface area contributed by atoms with E-state index < -0.39 is 12.6 Å². The first-order valence-corrected chi connectivity index (χ1v) is 6.39. The molecule has 0 amide bonds. The standard InChI is InChI=1S/C14H20F3NO/c1-18-9-7-12-5-2-3-6-13(12)11-19-10-4-8-14(15,16)17/h2-3,5-6,18H,4,7-11H2,1H3. The van der Waals surface area contributed by atoms with Gasteiger partial charge >= 0.3 is 6.18 Å². The minimum Gasteiger partial charge on any atom is -0.377 e. The molecule has 1 rings (SSSR count). The predicted octanol–water partition coefficient (Wildman–Crippen LogP) is 3.31. The molecule has 1 aromatic rings. The first kappa shape index (κ1) is 16.0. The smallest absolute Gasteiger partial charge is 0.377 e. The van der Waals surface area contributed by atoms with E-state index in [0.717, 1.165) is 18.5 Å². The molecule has 0 unspecified atom stereocenters. The highest BCUT2D eigenvalue weighted by molar-refractivity contribution is 5.26. The van der Waals surface area contributed by atoms with E-state index in [1.165, 1.54) is 5.56 Å². The lowest BCUT2D eigenvalue weighted by molar-refractivity contribution is -0.138. The number of alkyl halides is 3. The van der Waals surface area contributed by atoms with Crippen LogP contribution in [0.1, 0.15) is 24.0 Å². The van der Waals surface area contributed by atoms with Crippen molar-refractivity contribution >= 4 is 0 Å². The van der Waals surface area contributed by atoms with Crippen molar-refractivity contribution in [1.29, 1.82) is 0 Å². The number of benzene rings is 1. The Morgan fingerprint density at radius 2 is 1.84 bits per heavy atom. The van der Waals surface area contributed by atoms with Crippen molar-refractivity contribution in [2.75, 3.05) is 20.2 Å². The molecule has 0 heterocycles. The molecule has 0 spiro atoms. The van der Waals surface area contributed by atoms with Crippen LogP contribution in [0, 0.1) is 0 Å². The number of likely N-dealkylation sites (N-methyl/N-ethyl adjacent to an activating group) is 1. The zero-order valence-electron chi connectivity index (χ0n) is 11.1. The van der Waals surface area contributed by atoms with Gasteiger partial charge < -0.3 is 10.1 Å². The van der Waals surface area contributed by atoms with E-state index in [-0.39, 0.29) is 13.0 Å². The van der Waals surface area contributed by atoms with Crippen LogP contribution >= 0.6 is 0 Å². The van der Waals surface area contributed by atoms with Crippen molar-refractivity contribution in [1.82, 2.24) is 5.32 Å². The summed E-state index contributed by atoms with van der Waals surface area (Å²) in [6, 6.07) is 7.84. The van der Waals surface area contributed by atoms with Gasteiger partial charge in [0.15, 0.2) is 0 Å². The number of halogens is 3. The third-order valence-corrected chi connectivity index (χ3v) is 2.77. The Kier molecular flexibility index (Phi) is 6.87. The minimum atomic E-state index is -4.09. The van der Waals surface area contributed by atoms with Gasteiger partial charge in [0.05, 0.1) is 6.61 Å². The molecule has 5 heteroatoms. The Labute approximate surface area is 112 Å². The molecule has 0 aliphatic heterocycles. The first-order valence-electron chi connectivity index (χ1n) is 6.39. The molecule has 0 fully saturated rings. The fourth-order valence-corrected chi connectivity index (χ4v) is 1.76. The summed E-state index contributed by atoms with van der Waals surface area (Å²) in [7, 11) is 1.89. The molecular formula is C14H20F3NO. The second-order valence-electron chi connectivity index (χ2n) is 4.39. The zero-order chi connectivity index (χ0) is 14.1. The first-order chi connectivity index (χ1) is 9.03. The van der Waals surface area contributed by atoms with E-state index in [2.05, 4.69) is 5.32 Å². The molecule has 1 N–H and O–H groups in total. The van der Waals surface area contributed by atoms with Gasteiger partial charge in [-0.3, -0.25) is 0 Å². The second-order valence-corrected chi connectivity index (χ2v) is 4.39. The van der Waals surface area contributed by atoms with Crippen LogP contribution in [0.3, 0.4) is 0 Å². The van der Waals surface area contributed by atoms with E-state index in [9.17, 15) is 13.2 Å². The van der Waals surface area contributed by atoms with Gasteiger partial charge in [-0.25, -0.2) is 0 Å². The molecule has 0 aliphatic carbocycles. The number of hydrogen-bond donors (Lipinski definition) is 1. The van der Waals surface area contributed by atoms with Crippen molar-refractivity contribution in [2.45, 2.75) is 32.0 Å². The van der Waals surface area contributed by atoms with Crippen molar-refractivity contribution < 1.29 is 17.9 Å². The van der Waals surface area contributed by atoms with Crippen LogP contribution in [-0.4, -0.2) is 26.4 Å². The quantitative estimate of drug-likeness (QED) is 0.735. The van der Waals surface area contributed by atoms with Crippen molar-refractivity contribution in [3.05, 3.63) is 35.4 Å². The maximum absolute atomic E-state index is 11.9. The summed E-state index contributed by atoms with van der Waals surface area (Å²) in [6.07, 6.45) is -3.97. The summed E-state index contributed by atoms with van der Waals surface area (Å²) in [4.78, 5) is 0. The Morgan fingerprint density at radius 1 is 1.16 bits per heavy atom. The van der Waals surface area contributed by atoms with Crippen LogP contribution in [0.25, 0.3) is 0 Å². The minimum absolute atomic E-state index is 0.0161. The molecular weight excluding hydrogens is 255 g/mol. The molecule has 0 saturated carbocycles. The van der Waals surface area contributed by atoms with E-state index >= 15 is 0 Å². The predicted molar refractivity (Wildman–Crippen MR) is 69.0 cm³/mol. The topological polar surface area (TPSA) is 21.3 Å². The Bertz CT molecular complexity index is 366. The Hall–Kier alpha value is -1.07. The van der Waals surface area contributed by atoms with Gasteiger partial charge in [-0.15, -0.1) is 0 Å². The normalized spacial score (nSPS) is 11.8. The fourth-order valence-electron chi connectivity index (χ4n) is 1.76. The van der Waals surface area contributed by atoms with Crippen LogP contribution in [-0.2, 0) is 17.8 Å². The highest BCUT2D eigenvalue weighted by atomic mass is 19.4. The Morgan fingerprint density at radius 3 is 2.47 bits per heavy atom. The van der Waals surface area contributed by atoms with Crippen LogP contribution in [0.4, 0.5) is 13.2 Å². The average Bonchev–Trinajstić information content (AvgIpc) is 2.36. The fraction of sp³-hybridized carbons (Fsp3) is 0.571. The van der Waals surface area contributed by atoms with Gasteiger partial charge in [0.2, 0.25) is 0 Å². The molecule has 1 aromatic carbocycles. The molecule has 0 aromatic heterocycles. The van der Waals surface area contributed by atoms with Gasteiger partial charge in [-0.05, 0) is 37.6 Å². The summed E-state index contributed by atoms with van der Waals surface area (Å²) < 4.78 is 41.2. The zero-order valence-corrected chi connectivity index (χ0v) is 11.1. The SMILES string of the molecule is CNCCc1ccccc1COCCCC(F)(F)F. The van der Waals surface area contributed by atoms with E-state index in [0.29, 0.717) is 6.61 Å². The third kappa shape index (κ3) is 7.18. The monoisotopic (exact) mass is 275 g/mol.